The summed E-state index contributed by atoms with van der Waals surface area (Å²) in [5, 5.41) is 24.3. The second-order valence-electron chi connectivity index (χ2n) is 19.6. The lowest BCUT2D eigenvalue weighted by Gasteiger charge is -2.28. The van der Waals surface area contributed by atoms with Gasteiger partial charge in [0.25, 0.3) is 34.4 Å². The number of nitrogens with one attached hydrogen (secondary N) is 8. The maximum Gasteiger partial charge on any atom is 0.277 e. The first kappa shape index (κ1) is 63.3. The van der Waals surface area contributed by atoms with Crippen LogP contribution in [0.2, 0.25) is 25.1 Å². The van der Waals surface area contributed by atoms with Crippen molar-refractivity contribution in [2.24, 2.45) is 0 Å². The van der Waals surface area contributed by atoms with Gasteiger partial charge in [-0.05, 0) is 102 Å². The lowest BCUT2D eigenvalue weighted by molar-refractivity contribution is 0.0932. The number of pyridine rings is 3. The molecule has 3 aliphatic heterocycles. The molecule has 0 aliphatic carbocycles. The Hall–Kier alpha value is -9.18. The van der Waals surface area contributed by atoms with E-state index in [9.17, 15) is 33.2 Å². The molecule has 3 atom stereocenters. The summed E-state index contributed by atoms with van der Waals surface area (Å²) in [5.41, 5.74) is 2.81. The average molecular weight is 1360 g/mol. The molecule has 0 bridgehead atoms. The van der Waals surface area contributed by atoms with Crippen molar-refractivity contribution in [3.05, 3.63) is 228 Å². The molecule has 3 amide bonds. The number of nitrogens with two attached hydrogens (primary N) is 1. The zero-order valence-corrected chi connectivity index (χ0v) is 52.2. The van der Waals surface area contributed by atoms with Crippen molar-refractivity contribution in [3.63, 3.8) is 0 Å². The predicted octanol–water partition coefficient (Wildman–Crippen LogP) is 9.36. The minimum Gasteiger partial charge on any atom is -0.384 e. The number of hydrogen-bond donors (Lipinski definition) is 9. The van der Waals surface area contributed by atoms with Crippen LogP contribution in [0.4, 0.5) is 50.7 Å². The molecule has 3 aromatic carbocycles. The van der Waals surface area contributed by atoms with E-state index in [0.29, 0.717) is 60.3 Å². The number of carbonyl (C=O) groups is 3. The number of hydrogen-bond acceptors (Lipinski definition) is 18. The fraction of sp³-hybridized carbons (Fsp3) is 0.158. The minimum absolute atomic E-state index is 0.00702. The van der Waals surface area contributed by atoms with Gasteiger partial charge in [0.1, 0.15) is 105 Å². The largest absolute Gasteiger partial charge is 0.384 e. The number of nitrogens with zero attached hydrogens (tertiary/aromatic N) is 9. The fourth-order valence-electron chi connectivity index (χ4n) is 9.71. The third kappa shape index (κ3) is 12.5. The fourth-order valence-corrected chi connectivity index (χ4v) is 11.5. The summed E-state index contributed by atoms with van der Waals surface area (Å²) in [4.78, 5) is 100. The highest BCUT2D eigenvalue weighted by Crippen LogP contribution is 2.37. The smallest absolute Gasteiger partial charge is 0.277 e. The van der Waals surface area contributed by atoms with Crippen LogP contribution in [-0.4, -0.2) is 82.5 Å². The van der Waals surface area contributed by atoms with Crippen molar-refractivity contribution in [2.75, 3.05) is 53.5 Å². The Bertz CT molecular complexity index is 4280. The number of fused-ring (bicyclic) bond motifs is 3. The summed E-state index contributed by atoms with van der Waals surface area (Å²) < 4.78 is 18.0. The molecular weight excluding hydrogens is 1310 g/mol. The molecule has 3 unspecified atom stereocenters. The molecule has 24 nitrogen and oxygen atoms in total. The van der Waals surface area contributed by atoms with Crippen LogP contribution in [0, 0.1) is 5.82 Å². The standard InChI is InChI=1S/C19H16Cl2N6O2.C19H16ClFN6O2.C14H9BrCl2N2O2.C5H8N4/c1-19(10-4-3-5-11(20)6-10)26-17(28)16-12(21)7-13(18(29)27(16)19)25-15-8-14(22-2)23-9-24-15;1-19(10-4-3-5-11(21)6-10)26-17(28)16-12(20)7-13(18(29)27(16)19)25-15-8-14(22-2)23-9-24-15;1-14(7-3-2-4-8(16)5-7)18-12(20)11-10(17)6-9(15)13(21)19(11)14;1-7-5-2-4(6)8-3-9-5/h2*3-9H,1-2H3,(H,26,28)(H2,22,23,24,25);2-6H,1H3,(H,18,20);2-3H,1H3,(H3,6,7,8,9). The van der Waals surface area contributed by atoms with Crippen LogP contribution in [0.3, 0.4) is 0 Å². The first-order chi connectivity index (χ1) is 41.8. The van der Waals surface area contributed by atoms with Crippen LogP contribution in [0.5, 0.6) is 0 Å². The monoisotopic (exact) mass is 1350 g/mol. The Morgan fingerprint density at radius 2 is 0.818 bits per heavy atom. The second kappa shape index (κ2) is 25.6. The summed E-state index contributed by atoms with van der Waals surface area (Å²) >= 11 is 34.1. The molecule has 0 saturated carbocycles. The number of carbonyl (C=O) groups excluding carboxylic acids is 3. The maximum atomic E-state index is 13.8. The Morgan fingerprint density at radius 3 is 1.19 bits per heavy atom. The van der Waals surface area contributed by atoms with Crippen LogP contribution in [-0.2, 0) is 17.0 Å². The topological polar surface area (TPSA) is 317 Å². The number of amides is 3. The molecule has 6 aromatic heterocycles. The first-order valence-corrected chi connectivity index (χ1v) is 28.6. The van der Waals surface area contributed by atoms with Gasteiger partial charge in [-0.1, -0.05) is 94.4 Å². The summed E-state index contributed by atoms with van der Waals surface area (Å²) in [6, 6.07) is 28.8. The highest BCUT2D eigenvalue weighted by Gasteiger charge is 2.46. The summed E-state index contributed by atoms with van der Waals surface area (Å²) in [5.74, 6) is 1.27. The molecule has 9 aromatic rings. The van der Waals surface area contributed by atoms with E-state index in [-0.39, 0.29) is 49.1 Å². The second-order valence-corrected chi connectivity index (χ2v) is 22.6. The molecule has 88 heavy (non-hydrogen) atoms. The maximum absolute atomic E-state index is 13.8. The van der Waals surface area contributed by atoms with Gasteiger partial charge >= 0.3 is 0 Å². The Morgan fingerprint density at radius 1 is 0.466 bits per heavy atom. The molecule has 31 heteroatoms. The summed E-state index contributed by atoms with van der Waals surface area (Å²) in [7, 11) is 5.21. The highest BCUT2D eigenvalue weighted by molar-refractivity contribution is 9.10. The summed E-state index contributed by atoms with van der Waals surface area (Å²) in [6.45, 7) is 5.07. The van der Waals surface area contributed by atoms with Crippen molar-refractivity contribution in [2.45, 2.75) is 37.8 Å². The van der Waals surface area contributed by atoms with E-state index in [0.717, 1.165) is 5.82 Å². The van der Waals surface area contributed by atoms with Gasteiger partial charge in [-0.2, -0.15) is 0 Å². The number of benzene rings is 3. The summed E-state index contributed by atoms with van der Waals surface area (Å²) in [6.07, 6.45) is 4.12. The third-order valence-electron chi connectivity index (χ3n) is 14.0. The van der Waals surface area contributed by atoms with Crippen LogP contribution in [0.15, 0.2) is 147 Å². The number of nitrogen functional groups attached to an aromatic ring is 1. The van der Waals surface area contributed by atoms with Gasteiger partial charge < -0.3 is 48.3 Å². The van der Waals surface area contributed by atoms with E-state index < -0.39 is 51.6 Å². The molecular formula is C57H49BrCl5FN18O6. The zero-order chi connectivity index (χ0) is 63.6. The van der Waals surface area contributed by atoms with Crippen molar-refractivity contribution < 1.29 is 18.8 Å². The van der Waals surface area contributed by atoms with Crippen molar-refractivity contribution in [3.8, 4) is 0 Å². The molecule has 9 heterocycles. The van der Waals surface area contributed by atoms with Crippen LogP contribution in [0.1, 0.15) is 68.9 Å². The predicted molar refractivity (Wildman–Crippen MR) is 341 cm³/mol. The number of anilines is 8. The molecule has 3 aliphatic rings. The molecule has 0 spiro atoms. The van der Waals surface area contributed by atoms with Gasteiger partial charge in [0.05, 0.1) is 19.5 Å². The Labute approximate surface area is 532 Å². The molecule has 12 rings (SSSR count). The molecule has 452 valence electrons. The van der Waals surface area contributed by atoms with Crippen LogP contribution >= 0.6 is 73.9 Å². The molecule has 0 saturated heterocycles. The Kier molecular flexibility index (Phi) is 18.5. The number of rotatable bonds is 10. The molecule has 0 radical (unpaired) electrons. The number of halogens is 7. The van der Waals surface area contributed by atoms with Crippen molar-refractivity contribution >= 4 is 138 Å². The average Bonchev–Trinajstić information content (AvgIpc) is 2.01. The Balaban J connectivity index is 0.000000148. The van der Waals surface area contributed by atoms with E-state index in [1.54, 1.807) is 115 Å². The van der Waals surface area contributed by atoms with E-state index in [4.69, 9.17) is 63.7 Å². The first-order valence-electron chi connectivity index (χ1n) is 25.9. The van der Waals surface area contributed by atoms with Crippen molar-refractivity contribution in [1.29, 1.82) is 0 Å². The normalized spacial score (nSPS) is 17.4. The van der Waals surface area contributed by atoms with E-state index in [2.05, 4.69) is 88.4 Å². The lowest BCUT2D eigenvalue weighted by Crippen LogP contribution is -2.46. The minimum atomic E-state index is -1.31. The van der Waals surface area contributed by atoms with Gasteiger partial charge in [0.2, 0.25) is 0 Å². The number of aromatic nitrogens is 9. The molecule has 10 N–H and O–H groups in total. The quantitative estimate of drug-likeness (QED) is 0.0615. The van der Waals surface area contributed by atoms with Gasteiger partial charge in [0.15, 0.2) is 0 Å². The van der Waals surface area contributed by atoms with Crippen molar-refractivity contribution in [1.82, 2.24) is 59.6 Å². The highest BCUT2D eigenvalue weighted by atomic mass is 79.9. The van der Waals surface area contributed by atoms with Gasteiger partial charge in [0, 0.05) is 55.0 Å². The van der Waals surface area contributed by atoms with Gasteiger partial charge in [-0.15, -0.1) is 0 Å². The van der Waals surface area contributed by atoms with E-state index in [1.165, 1.54) is 69.1 Å². The van der Waals surface area contributed by atoms with E-state index in [1.807, 2.05) is 0 Å². The third-order valence-corrected chi connectivity index (χ3v) is 15.9. The lowest BCUT2D eigenvalue weighted by atomic mass is 10.0. The van der Waals surface area contributed by atoms with E-state index >= 15 is 0 Å². The van der Waals surface area contributed by atoms with Gasteiger partial charge in [-0.25, -0.2) is 34.3 Å². The van der Waals surface area contributed by atoms with Gasteiger partial charge in [-0.3, -0.25) is 42.5 Å². The van der Waals surface area contributed by atoms with Crippen LogP contribution in [0.25, 0.3) is 0 Å². The van der Waals surface area contributed by atoms with Crippen LogP contribution < -0.4 is 64.9 Å². The SMILES string of the molecule is CC1(c2cccc(Cl)c2)NC(=O)c2c(Cl)cc(Br)c(=O)n21.CNc1cc(N)ncn1.CNc1cc(Nc2cc(Cl)c3n(c2=O)C(C)(c2cccc(Cl)c2)NC3=O)ncn1.CNc1cc(Nc2cc(Cl)c3n(c2=O)C(C)(c2cccc(F)c2)NC3=O)ncn1. The molecule has 0 fully saturated rings. The zero-order valence-electron chi connectivity index (χ0n) is 46.8.